The largest absolute Gasteiger partial charge is 0.497 e. The van der Waals surface area contributed by atoms with Crippen LogP contribution >= 0.6 is 0 Å². The van der Waals surface area contributed by atoms with Gasteiger partial charge in [-0.2, -0.15) is 0 Å². The van der Waals surface area contributed by atoms with E-state index in [2.05, 4.69) is 5.32 Å². The molecule has 1 N–H and O–H groups in total. The van der Waals surface area contributed by atoms with Gasteiger partial charge in [0.25, 0.3) is 11.5 Å². The number of hydrogen-bond acceptors (Lipinski definition) is 3. The van der Waals surface area contributed by atoms with Gasteiger partial charge in [-0.1, -0.05) is 18.2 Å². The number of carbonyl (C=O) groups excluding carboxylic acids is 1. The van der Waals surface area contributed by atoms with Crippen LogP contribution in [0.5, 0.6) is 5.75 Å². The first-order chi connectivity index (χ1) is 11.7. The van der Waals surface area contributed by atoms with E-state index < -0.39 is 5.91 Å². The number of amides is 1. The van der Waals surface area contributed by atoms with E-state index in [1.54, 1.807) is 42.0 Å². The van der Waals surface area contributed by atoms with Gasteiger partial charge in [-0.15, -0.1) is 0 Å². The summed E-state index contributed by atoms with van der Waals surface area (Å²) in [4.78, 5) is 25.2. The lowest BCUT2D eigenvalue weighted by molar-refractivity contribution is 0.102. The molecule has 120 valence electrons. The summed E-state index contributed by atoms with van der Waals surface area (Å²) in [6, 6.07) is 14.6. The van der Waals surface area contributed by atoms with Crippen LogP contribution in [0.1, 0.15) is 15.9 Å². The molecule has 0 saturated carbocycles. The number of nitrogens with zero attached hydrogens (tertiary/aromatic N) is 1. The molecule has 1 aliphatic heterocycles. The topological polar surface area (TPSA) is 60.3 Å². The second kappa shape index (κ2) is 5.53. The average molecular weight is 320 g/mol. The molecular weight excluding hydrogens is 304 g/mol. The standard InChI is InChI=1S/C19H16N2O3/c1-24-15-7-5-14(6-8-15)20-18(22)16-11-13-4-2-3-12-9-10-21(17(12)13)19(16)23/h2-8,11H,9-10H2,1H3,(H,20,22). The minimum atomic E-state index is -0.395. The molecule has 5 nitrogen and oxygen atoms in total. The first kappa shape index (κ1) is 14.5. The molecule has 0 bridgehead atoms. The number of aromatic nitrogens is 1. The van der Waals surface area contributed by atoms with Gasteiger partial charge in [0.05, 0.1) is 12.6 Å². The molecule has 0 aliphatic carbocycles. The van der Waals surface area contributed by atoms with Crippen molar-refractivity contribution in [1.29, 1.82) is 0 Å². The Labute approximate surface area is 138 Å². The third-order valence-electron chi connectivity index (χ3n) is 4.39. The second-order valence-electron chi connectivity index (χ2n) is 5.80. The lowest BCUT2D eigenvalue weighted by atomic mass is 10.1. The summed E-state index contributed by atoms with van der Waals surface area (Å²) in [5.41, 5.74) is 2.65. The number of para-hydroxylation sites is 1. The second-order valence-corrected chi connectivity index (χ2v) is 5.80. The minimum Gasteiger partial charge on any atom is -0.497 e. The van der Waals surface area contributed by atoms with Crippen molar-refractivity contribution in [2.45, 2.75) is 13.0 Å². The molecule has 2 heterocycles. The Bertz CT molecular complexity index is 1000. The molecule has 0 unspecified atom stereocenters. The van der Waals surface area contributed by atoms with Crippen molar-refractivity contribution >= 4 is 22.5 Å². The predicted octanol–water partition coefficient (Wildman–Crippen LogP) is 2.82. The summed E-state index contributed by atoms with van der Waals surface area (Å²) < 4.78 is 6.80. The quantitative estimate of drug-likeness (QED) is 0.807. The Morgan fingerprint density at radius 3 is 2.71 bits per heavy atom. The molecule has 1 amide bonds. The summed E-state index contributed by atoms with van der Waals surface area (Å²) in [5, 5.41) is 3.70. The van der Waals surface area contributed by atoms with E-state index >= 15 is 0 Å². The first-order valence-electron chi connectivity index (χ1n) is 7.78. The van der Waals surface area contributed by atoms with Crippen molar-refractivity contribution in [2.24, 2.45) is 0 Å². The van der Waals surface area contributed by atoms with E-state index in [0.29, 0.717) is 18.0 Å². The summed E-state index contributed by atoms with van der Waals surface area (Å²) in [5.74, 6) is 0.313. The van der Waals surface area contributed by atoms with Crippen LogP contribution in [-0.2, 0) is 13.0 Å². The summed E-state index contributed by atoms with van der Waals surface area (Å²) >= 11 is 0. The van der Waals surface area contributed by atoms with Crippen molar-refractivity contribution in [3.05, 3.63) is 70.0 Å². The van der Waals surface area contributed by atoms with E-state index in [0.717, 1.165) is 22.9 Å². The van der Waals surface area contributed by atoms with Crippen molar-refractivity contribution in [3.8, 4) is 5.75 Å². The number of carbonyl (C=O) groups is 1. The number of anilines is 1. The van der Waals surface area contributed by atoms with Crippen molar-refractivity contribution < 1.29 is 9.53 Å². The van der Waals surface area contributed by atoms with E-state index in [-0.39, 0.29) is 11.1 Å². The fourth-order valence-corrected chi connectivity index (χ4v) is 3.20. The molecule has 5 heteroatoms. The van der Waals surface area contributed by atoms with Crippen LogP contribution < -0.4 is 15.6 Å². The van der Waals surface area contributed by atoms with Gasteiger partial charge < -0.3 is 14.6 Å². The summed E-state index contributed by atoms with van der Waals surface area (Å²) in [6.45, 7) is 0.623. The molecule has 4 rings (SSSR count). The highest BCUT2D eigenvalue weighted by molar-refractivity contribution is 6.06. The minimum absolute atomic E-state index is 0.164. The Balaban J connectivity index is 1.73. The lowest BCUT2D eigenvalue weighted by Crippen LogP contribution is -2.28. The first-order valence-corrected chi connectivity index (χ1v) is 7.78. The molecule has 0 spiro atoms. The van der Waals surface area contributed by atoms with Crippen molar-refractivity contribution in [3.63, 3.8) is 0 Å². The average Bonchev–Trinajstić information content (AvgIpc) is 3.04. The fraction of sp³-hybridized carbons (Fsp3) is 0.158. The Kier molecular flexibility index (Phi) is 3.34. The maximum Gasteiger partial charge on any atom is 0.263 e. The van der Waals surface area contributed by atoms with Gasteiger partial charge in [0.1, 0.15) is 11.3 Å². The zero-order valence-corrected chi connectivity index (χ0v) is 13.2. The predicted molar refractivity (Wildman–Crippen MR) is 92.9 cm³/mol. The highest BCUT2D eigenvalue weighted by Crippen LogP contribution is 2.24. The van der Waals surface area contributed by atoms with Gasteiger partial charge >= 0.3 is 0 Å². The van der Waals surface area contributed by atoms with Crippen LogP contribution in [0.15, 0.2) is 53.3 Å². The third-order valence-corrected chi connectivity index (χ3v) is 4.39. The van der Waals surface area contributed by atoms with E-state index in [1.165, 1.54) is 0 Å². The number of methoxy groups -OCH3 is 1. The number of pyridine rings is 1. The van der Waals surface area contributed by atoms with Gasteiger partial charge in [-0.25, -0.2) is 0 Å². The molecule has 3 aromatic rings. The van der Waals surface area contributed by atoms with Crippen LogP contribution in [0.25, 0.3) is 10.9 Å². The molecule has 24 heavy (non-hydrogen) atoms. The molecule has 1 aliphatic rings. The zero-order chi connectivity index (χ0) is 16.7. The number of benzene rings is 2. The normalized spacial score (nSPS) is 12.4. The van der Waals surface area contributed by atoms with Crippen molar-refractivity contribution in [2.75, 3.05) is 12.4 Å². The van der Waals surface area contributed by atoms with Gasteiger partial charge in [0.2, 0.25) is 0 Å². The van der Waals surface area contributed by atoms with Crippen LogP contribution in [0.3, 0.4) is 0 Å². The van der Waals surface area contributed by atoms with E-state index in [1.807, 2.05) is 18.2 Å². The highest BCUT2D eigenvalue weighted by atomic mass is 16.5. The Morgan fingerprint density at radius 2 is 1.96 bits per heavy atom. The van der Waals surface area contributed by atoms with Gasteiger partial charge in [-0.3, -0.25) is 9.59 Å². The summed E-state index contributed by atoms with van der Waals surface area (Å²) in [7, 11) is 1.58. The monoisotopic (exact) mass is 320 g/mol. The molecule has 0 saturated heterocycles. The number of hydrogen-bond donors (Lipinski definition) is 1. The van der Waals surface area contributed by atoms with Gasteiger partial charge in [0.15, 0.2) is 0 Å². The maximum atomic E-state index is 12.7. The Hall–Kier alpha value is -3.08. The van der Waals surface area contributed by atoms with Crippen LogP contribution in [0, 0.1) is 0 Å². The summed E-state index contributed by atoms with van der Waals surface area (Å²) in [6.07, 6.45) is 0.829. The van der Waals surface area contributed by atoms with Crippen molar-refractivity contribution in [1.82, 2.24) is 4.57 Å². The third kappa shape index (κ3) is 2.25. The molecule has 1 aromatic heterocycles. The van der Waals surface area contributed by atoms with Gasteiger partial charge in [0, 0.05) is 12.2 Å². The van der Waals surface area contributed by atoms with Crippen LogP contribution in [0.4, 0.5) is 5.69 Å². The lowest BCUT2D eigenvalue weighted by Gasteiger charge is -2.09. The van der Waals surface area contributed by atoms with E-state index in [4.69, 9.17) is 4.74 Å². The SMILES string of the molecule is COc1ccc(NC(=O)c2cc3cccc4c3n(c2=O)CC4)cc1. The molecular formula is C19H16N2O3. The zero-order valence-electron chi connectivity index (χ0n) is 13.2. The van der Waals surface area contributed by atoms with Crippen LogP contribution in [0.2, 0.25) is 0 Å². The highest BCUT2D eigenvalue weighted by Gasteiger charge is 2.20. The molecule has 0 radical (unpaired) electrons. The number of rotatable bonds is 3. The fourth-order valence-electron chi connectivity index (χ4n) is 3.20. The number of ether oxygens (including phenoxy) is 1. The molecule has 2 aromatic carbocycles. The smallest absolute Gasteiger partial charge is 0.263 e. The molecule has 0 fully saturated rings. The number of nitrogens with one attached hydrogen (secondary N) is 1. The van der Waals surface area contributed by atoms with Crippen LogP contribution in [-0.4, -0.2) is 17.6 Å². The Morgan fingerprint density at radius 1 is 1.17 bits per heavy atom. The molecule has 0 atom stereocenters. The van der Waals surface area contributed by atoms with E-state index in [9.17, 15) is 9.59 Å². The number of aryl methyl sites for hydroxylation is 2. The maximum absolute atomic E-state index is 12.7. The van der Waals surface area contributed by atoms with Gasteiger partial charge in [-0.05, 0) is 47.7 Å².